The molecule has 1 saturated carbocycles. The van der Waals surface area contributed by atoms with E-state index >= 15 is 0 Å². The van der Waals surface area contributed by atoms with E-state index in [1.54, 1.807) is 18.2 Å². The third-order valence-corrected chi connectivity index (χ3v) is 7.01. The van der Waals surface area contributed by atoms with E-state index < -0.39 is 9.84 Å². The number of sulfone groups is 1. The summed E-state index contributed by atoms with van der Waals surface area (Å²) in [5.74, 6) is 0.0167. The molecule has 1 aromatic carbocycles. The predicted molar refractivity (Wildman–Crippen MR) is 78.0 cm³/mol. The molecule has 20 heavy (non-hydrogen) atoms. The molecule has 104 valence electrons. The first-order valence-corrected chi connectivity index (χ1v) is 8.67. The molecular weight excluding hydrogens is 294 g/mol. The van der Waals surface area contributed by atoms with Gasteiger partial charge in [-0.3, -0.25) is 0 Å². The molecule has 0 amide bonds. The van der Waals surface area contributed by atoms with E-state index in [0.717, 1.165) is 28.9 Å². The van der Waals surface area contributed by atoms with Crippen LogP contribution in [0.3, 0.4) is 0 Å². The highest BCUT2D eigenvalue weighted by molar-refractivity contribution is 7.93. The first kappa shape index (κ1) is 13.3. The highest BCUT2D eigenvalue weighted by atomic mass is 32.2. The maximum atomic E-state index is 12.4. The Morgan fingerprint density at radius 3 is 2.85 bits per heavy atom. The number of nitrogens with two attached hydrogens (primary N) is 1. The van der Waals surface area contributed by atoms with Gasteiger partial charge in [-0.2, -0.15) is 5.26 Å². The lowest BCUT2D eigenvalue weighted by atomic mass is 10.1. The smallest absolute Gasteiger partial charge is 0.210 e. The summed E-state index contributed by atoms with van der Waals surface area (Å²) in [6.07, 6.45) is 1.90. The number of nitriles is 1. The molecule has 1 fully saturated rings. The third kappa shape index (κ3) is 2.37. The van der Waals surface area contributed by atoms with Crippen LogP contribution in [0.15, 0.2) is 22.5 Å². The standard InChI is InChI=1S/C13H13N3O2S2/c14-6-5-13(3-4-13)8-20(17,18)12-16-10-2-1-9(15)7-11(10)19-12/h1-2,7H,3-5,8,15H2. The van der Waals surface area contributed by atoms with Crippen molar-refractivity contribution in [3.8, 4) is 6.07 Å². The fraction of sp³-hybridized carbons (Fsp3) is 0.385. The van der Waals surface area contributed by atoms with Crippen LogP contribution in [0.5, 0.6) is 0 Å². The monoisotopic (exact) mass is 307 g/mol. The lowest BCUT2D eigenvalue weighted by Gasteiger charge is -2.09. The average molecular weight is 307 g/mol. The summed E-state index contributed by atoms with van der Waals surface area (Å²) in [5.41, 5.74) is 6.58. The molecule has 0 bridgehead atoms. The maximum absolute atomic E-state index is 12.4. The molecule has 0 spiro atoms. The highest BCUT2D eigenvalue weighted by Crippen LogP contribution is 2.50. The van der Waals surface area contributed by atoms with Gasteiger partial charge in [-0.1, -0.05) is 0 Å². The molecular formula is C13H13N3O2S2. The van der Waals surface area contributed by atoms with Crippen LogP contribution >= 0.6 is 11.3 Å². The fourth-order valence-electron chi connectivity index (χ4n) is 2.23. The van der Waals surface area contributed by atoms with Gasteiger partial charge in [-0.25, -0.2) is 13.4 Å². The molecule has 1 aromatic heterocycles. The Bertz CT molecular complexity index is 814. The van der Waals surface area contributed by atoms with Crippen LogP contribution in [0.4, 0.5) is 5.69 Å². The largest absolute Gasteiger partial charge is 0.399 e. The number of nitrogen functional groups attached to an aromatic ring is 1. The molecule has 0 radical (unpaired) electrons. The molecule has 1 aliphatic rings. The van der Waals surface area contributed by atoms with Crippen LogP contribution in [0.1, 0.15) is 19.3 Å². The maximum Gasteiger partial charge on any atom is 0.210 e. The Balaban J connectivity index is 1.95. The van der Waals surface area contributed by atoms with Gasteiger partial charge in [0, 0.05) is 12.1 Å². The van der Waals surface area contributed by atoms with Gasteiger partial charge in [-0.15, -0.1) is 11.3 Å². The van der Waals surface area contributed by atoms with Crippen molar-refractivity contribution < 1.29 is 8.42 Å². The van der Waals surface area contributed by atoms with Gasteiger partial charge in [0.1, 0.15) is 0 Å². The summed E-state index contributed by atoms with van der Waals surface area (Å²) < 4.78 is 25.7. The summed E-state index contributed by atoms with van der Waals surface area (Å²) in [4.78, 5) is 4.19. The number of fused-ring (bicyclic) bond motifs is 1. The minimum Gasteiger partial charge on any atom is -0.399 e. The van der Waals surface area contributed by atoms with Crippen LogP contribution in [-0.2, 0) is 9.84 Å². The summed E-state index contributed by atoms with van der Waals surface area (Å²) in [5, 5.41) is 8.78. The number of anilines is 1. The zero-order valence-electron chi connectivity index (χ0n) is 10.7. The van der Waals surface area contributed by atoms with E-state index in [9.17, 15) is 8.42 Å². The van der Waals surface area contributed by atoms with Crippen molar-refractivity contribution in [3.05, 3.63) is 18.2 Å². The quantitative estimate of drug-likeness (QED) is 0.874. The van der Waals surface area contributed by atoms with Gasteiger partial charge in [-0.05, 0) is 36.5 Å². The van der Waals surface area contributed by atoms with Crippen LogP contribution in [0, 0.1) is 16.7 Å². The second-order valence-corrected chi connectivity index (χ2v) is 8.49. The Hall–Kier alpha value is -1.65. The van der Waals surface area contributed by atoms with Gasteiger partial charge in [0.2, 0.25) is 14.2 Å². The summed E-state index contributed by atoms with van der Waals surface area (Å²) in [6, 6.07) is 7.24. The van der Waals surface area contributed by atoms with E-state index in [1.165, 1.54) is 0 Å². The molecule has 2 N–H and O–H groups in total. The molecule has 0 aliphatic heterocycles. The highest BCUT2D eigenvalue weighted by Gasteiger charge is 2.46. The second kappa shape index (κ2) is 4.43. The molecule has 0 atom stereocenters. The first-order chi connectivity index (χ1) is 9.44. The minimum atomic E-state index is -3.44. The number of benzene rings is 1. The second-order valence-electron chi connectivity index (χ2n) is 5.30. The topological polar surface area (TPSA) is 96.8 Å². The number of nitrogens with zero attached hydrogens (tertiary/aromatic N) is 2. The summed E-state index contributed by atoms with van der Waals surface area (Å²) in [7, 11) is -3.44. The van der Waals surface area contributed by atoms with Crippen molar-refractivity contribution in [2.75, 3.05) is 11.5 Å². The molecule has 0 saturated heterocycles. The van der Waals surface area contributed by atoms with Gasteiger partial charge >= 0.3 is 0 Å². The molecule has 7 heteroatoms. The van der Waals surface area contributed by atoms with Crippen LogP contribution in [0.25, 0.3) is 10.2 Å². The van der Waals surface area contributed by atoms with E-state index in [4.69, 9.17) is 11.0 Å². The molecule has 3 rings (SSSR count). The SMILES string of the molecule is N#CCC1(CS(=O)(=O)c2nc3ccc(N)cc3s2)CC1. The van der Waals surface area contributed by atoms with Gasteiger partial charge in [0.05, 0.1) is 22.0 Å². The Morgan fingerprint density at radius 2 is 2.20 bits per heavy atom. The first-order valence-electron chi connectivity index (χ1n) is 6.20. The van der Waals surface area contributed by atoms with Crippen LogP contribution in [-0.4, -0.2) is 19.2 Å². The average Bonchev–Trinajstić information content (AvgIpc) is 2.97. The van der Waals surface area contributed by atoms with Gasteiger partial charge in [0.25, 0.3) is 0 Å². The number of rotatable bonds is 4. The van der Waals surface area contributed by atoms with Crippen molar-refractivity contribution in [2.45, 2.75) is 23.6 Å². The Kier molecular flexibility index (Phi) is 2.96. The summed E-state index contributed by atoms with van der Waals surface area (Å²) >= 11 is 1.14. The van der Waals surface area contributed by atoms with E-state index in [2.05, 4.69) is 11.1 Å². The van der Waals surface area contributed by atoms with Crippen LogP contribution in [0.2, 0.25) is 0 Å². The minimum absolute atomic E-state index is 0.0167. The zero-order chi connectivity index (χ0) is 14.4. The third-order valence-electron chi connectivity index (χ3n) is 3.57. The van der Waals surface area contributed by atoms with E-state index in [-0.39, 0.29) is 15.5 Å². The lowest BCUT2D eigenvalue weighted by molar-refractivity contribution is 0.547. The molecule has 1 heterocycles. The zero-order valence-corrected chi connectivity index (χ0v) is 12.3. The van der Waals surface area contributed by atoms with Crippen molar-refractivity contribution in [3.63, 3.8) is 0 Å². The molecule has 1 aliphatic carbocycles. The Labute approximate surface area is 121 Å². The van der Waals surface area contributed by atoms with Gasteiger partial charge in [0.15, 0.2) is 0 Å². The van der Waals surface area contributed by atoms with Crippen molar-refractivity contribution in [1.29, 1.82) is 5.26 Å². The van der Waals surface area contributed by atoms with Crippen molar-refractivity contribution in [2.24, 2.45) is 5.41 Å². The van der Waals surface area contributed by atoms with E-state index in [1.807, 2.05) is 0 Å². The molecule has 2 aromatic rings. The number of hydrogen-bond acceptors (Lipinski definition) is 6. The van der Waals surface area contributed by atoms with E-state index in [0.29, 0.717) is 17.6 Å². The number of hydrogen-bond donors (Lipinski definition) is 1. The van der Waals surface area contributed by atoms with Crippen LogP contribution < -0.4 is 5.73 Å². The summed E-state index contributed by atoms with van der Waals surface area (Å²) in [6.45, 7) is 0. The predicted octanol–water partition coefficient (Wildman–Crippen LogP) is 2.35. The molecule has 0 unspecified atom stereocenters. The number of thiazole rings is 1. The Morgan fingerprint density at radius 1 is 1.45 bits per heavy atom. The molecule has 5 nitrogen and oxygen atoms in total. The number of aromatic nitrogens is 1. The van der Waals surface area contributed by atoms with Crippen molar-refractivity contribution in [1.82, 2.24) is 4.98 Å². The van der Waals surface area contributed by atoms with Gasteiger partial charge < -0.3 is 5.73 Å². The lowest BCUT2D eigenvalue weighted by Crippen LogP contribution is -2.17. The van der Waals surface area contributed by atoms with Crippen molar-refractivity contribution >= 4 is 37.1 Å². The fourth-order valence-corrected chi connectivity index (χ4v) is 5.49. The normalized spacial score (nSPS) is 16.9.